The van der Waals surface area contributed by atoms with Gasteiger partial charge in [-0.25, -0.2) is 9.37 Å². The summed E-state index contributed by atoms with van der Waals surface area (Å²) in [5.74, 6) is -0.473. The number of aryl methyl sites for hydroxylation is 1. The minimum atomic E-state index is -1.36. The van der Waals surface area contributed by atoms with Crippen LogP contribution in [0.4, 0.5) is 10.1 Å². The number of pyridine rings is 1. The number of hydrogen-bond donors (Lipinski definition) is 2. The lowest BCUT2D eigenvalue weighted by Gasteiger charge is -2.16. The average molecular weight is 434 g/mol. The molecule has 2 rings (SSSR count). The summed E-state index contributed by atoms with van der Waals surface area (Å²) in [5.41, 5.74) is 9.74. The Hall–Kier alpha value is -3.21. The Kier molecular flexibility index (Phi) is 8.54. The number of hydrogen-bond acceptors (Lipinski definition) is 7. The van der Waals surface area contributed by atoms with Crippen LogP contribution in [0.3, 0.4) is 0 Å². The first-order chi connectivity index (χ1) is 14.3. The minimum absolute atomic E-state index is 0.0222. The smallest absolute Gasteiger partial charge is 0.252 e. The lowest BCUT2D eigenvalue weighted by molar-refractivity contribution is -0.115. The minimum Gasteiger partial charge on any atom is -0.325 e. The summed E-state index contributed by atoms with van der Waals surface area (Å²) in [6, 6.07) is 2.84. The maximum atomic E-state index is 14.3. The van der Waals surface area contributed by atoms with Gasteiger partial charge < -0.3 is 9.88 Å². The molecule has 2 N–H and O–H groups in total. The van der Waals surface area contributed by atoms with Crippen LogP contribution in [0.25, 0.3) is 0 Å². The molecule has 2 aromatic heterocycles. The molecule has 0 fully saturated rings. The monoisotopic (exact) mass is 434 g/mol. The van der Waals surface area contributed by atoms with Gasteiger partial charge in [-0.3, -0.25) is 19.4 Å². The van der Waals surface area contributed by atoms with Gasteiger partial charge in [0.25, 0.3) is 5.56 Å². The third-order valence-electron chi connectivity index (χ3n) is 4.20. The molecule has 0 saturated carbocycles. The molecule has 11 heteroatoms. The van der Waals surface area contributed by atoms with Gasteiger partial charge in [-0.2, -0.15) is 5.53 Å². The van der Waals surface area contributed by atoms with Crippen LogP contribution in [0.15, 0.2) is 51.0 Å². The fourth-order valence-corrected chi connectivity index (χ4v) is 3.03. The molecule has 30 heavy (non-hydrogen) atoms. The van der Waals surface area contributed by atoms with Crippen molar-refractivity contribution < 1.29 is 14.0 Å². The number of amides is 1. The van der Waals surface area contributed by atoms with Crippen LogP contribution >= 0.6 is 11.3 Å². The summed E-state index contributed by atoms with van der Waals surface area (Å²) in [4.78, 5) is 39.5. The van der Waals surface area contributed by atoms with Crippen molar-refractivity contribution in [1.29, 1.82) is 5.53 Å². The average Bonchev–Trinajstić information content (AvgIpc) is 3.19. The number of alkyl halides is 1. The van der Waals surface area contributed by atoms with E-state index < -0.39 is 6.17 Å². The number of aromatic nitrogens is 2. The number of ketones is 1. The second-order valence-electron chi connectivity index (χ2n) is 6.63. The van der Waals surface area contributed by atoms with Gasteiger partial charge in [0.05, 0.1) is 24.2 Å². The first kappa shape index (κ1) is 23.1. The van der Waals surface area contributed by atoms with Crippen molar-refractivity contribution in [2.45, 2.75) is 39.4 Å². The van der Waals surface area contributed by atoms with Gasteiger partial charge in [-0.05, 0) is 26.3 Å². The Balaban J connectivity index is 1.88. The van der Waals surface area contributed by atoms with Crippen LogP contribution in [-0.4, -0.2) is 39.0 Å². The third-order valence-corrected chi connectivity index (χ3v) is 4.84. The number of allylic oxidation sites excluding steroid dienone is 1. The molecule has 160 valence electrons. The van der Waals surface area contributed by atoms with Gasteiger partial charge in [0, 0.05) is 41.6 Å². The highest BCUT2D eigenvalue weighted by Gasteiger charge is 2.13. The summed E-state index contributed by atoms with van der Waals surface area (Å²) < 4.78 is 15.6. The molecular formula is C19H23FN6O3S. The highest BCUT2D eigenvalue weighted by molar-refractivity contribution is 7.07. The van der Waals surface area contributed by atoms with E-state index in [4.69, 9.17) is 5.53 Å². The summed E-state index contributed by atoms with van der Waals surface area (Å²) in [6.07, 6.45) is 1.58. The number of carbonyl (C=O) groups excluding carboxylic acids is 2. The van der Waals surface area contributed by atoms with E-state index in [1.165, 1.54) is 41.3 Å². The number of Topliss-reactive ketones (excluding diaryl/α,β-unsaturated/α-hetero) is 1. The quantitative estimate of drug-likeness (QED) is 0.320. The predicted octanol–water partition coefficient (Wildman–Crippen LogP) is 2.95. The van der Waals surface area contributed by atoms with Crippen LogP contribution in [0, 0.1) is 5.53 Å². The predicted molar refractivity (Wildman–Crippen MR) is 111 cm³/mol. The fraction of sp³-hybridized carbons (Fsp3) is 0.368. The van der Waals surface area contributed by atoms with E-state index in [2.05, 4.69) is 15.5 Å². The number of thiazole rings is 1. The zero-order valence-electron chi connectivity index (χ0n) is 16.7. The highest BCUT2D eigenvalue weighted by Crippen LogP contribution is 2.09. The van der Waals surface area contributed by atoms with E-state index in [1.807, 2.05) is 0 Å². The molecule has 2 aromatic rings. The Morgan fingerprint density at radius 1 is 1.47 bits per heavy atom. The molecule has 0 saturated heterocycles. The van der Waals surface area contributed by atoms with Crippen molar-refractivity contribution in [2.75, 3.05) is 11.9 Å². The van der Waals surface area contributed by atoms with Crippen molar-refractivity contribution in [3.05, 3.63) is 57.0 Å². The normalized spacial score (nSPS) is 12.3. The number of halogens is 1. The van der Waals surface area contributed by atoms with E-state index >= 15 is 0 Å². The van der Waals surface area contributed by atoms with Crippen molar-refractivity contribution >= 4 is 28.7 Å². The Morgan fingerprint density at radius 2 is 2.23 bits per heavy atom. The molecule has 0 aliphatic heterocycles. The second kappa shape index (κ2) is 11.1. The van der Waals surface area contributed by atoms with Crippen molar-refractivity contribution in [3.63, 3.8) is 0 Å². The molecule has 0 radical (unpaired) electrons. The fourth-order valence-electron chi connectivity index (χ4n) is 2.48. The zero-order valence-corrected chi connectivity index (χ0v) is 17.5. The van der Waals surface area contributed by atoms with Crippen LogP contribution in [0.1, 0.15) is 26.0 Å². The maximum absolute atomic E-state index is 14.3. The van der Waals surface area contributed by atoms with Crippen molar-refractivity contribution in [2.24, 2.45) is 5.22 Å². The molecule has 1 atom stereocenters. The molecule has 0 bridgehead atoms. The van der Waals surface area contributed by atoms with E-state index in [-0.39, 0.29) is 43.2 Å². The molecule has 0 spiro atoms. The van der Waals surface area contributed by atoms with Gasteiger partial charge in [-0.1, -0.05) is 5.22 Å². The number of anilines is 1. The molecule has 1 unspecified atom stereocenters. The Morgan fingerprint density at radius 3 is 2.83 bits per heavy atom. The number of rotatable bonds is 11. The summed E-state index contributed by atoms with van der Waals surface area (Å²) in [7, 11) is 0. The summed E-state index contributed by atoms with van der Waals surface area (Å²) >= 11 is 1.40. The summed E-state index contributed by atoms with van der Waals surface area (Å²) in [5, 5.41) is 8.65. The molecule has 9 nitrogen and oxygen atoms in total. The van der Waals surface area contributed by atoms with E-state index in [1.54, 1.807) is 23.9 Å². The molecule has 1 amide bonds. The SMILES string of the molecule is CC(=O)/C(C)=C/N(CC(F)CCn1ccc(NC(=O)Cc2cscn2)cc1=O)N=N. The third kappa shape index (κ3) is 7.32. The number of carbonyl (C=O) groups is 2. The topological polar surface area (TPSA) is 121 Å². The molecule has 0 aliphatic carbocycles. The lowest BCUT2D eigenvalue weighted by Crippen LogP contribution is -2.26. The Bertz CT molecular complexity index is 973. The number of nitrogens with one attached hydrogen (secondary N) is 2. The van der Waals surface area contributed by atoms with Crippen molar-refractivity contribution in [1.82, 2.24) is 14.6 Å². The van der Waals surface area contributed by atoms with Crippen LogP contribution < -0.4 is 10.9 Å². The van der Waals surface area contributed by atoms with Gasteiger partial charge in [0.15, 0.2) is 5.78 Å². The van der Waals surface area contributed by atoms with Gasteiger partial charge in [0.1, 0.15) is 6.17 Å². The van der Waals surface area contributed by atoms with Crippen molar-refractivity contribution in [3.8, 4) is 0 Å². The summed E-state index contributed by atoms with van der Waals surface area (Å²) in [6.45, 7) is 2.85. The molecule has 0 aromatic carbocycles. The Labute approximate surface area is 176 Å². The highest BCUT2D eigenvalue weighted by atomic mass is 32.1. The molecule has 2 heterocycles. The molecular weight excluding hydrogens is 411 g/mol. The first-order valence-corrected chi connectivity index (χ1v) is 10.1. The van der Waals surface area contributed by atoms with E-state index in [9.17, 15) is 18.8 Å². The van der Waals surface area contributed by atoms with Gasteiger partial charge in [0.2, 0.25) is 5.91 Å². The second-order valence-corrected chi connectivity index (χ2v) is 7.35. The van der Waals surface area contributed by atoms with Gasteiger partial charge >= 0.3 is 0 Å². The largest absolute Gasteiger partial charge is 0.325 e. The van der Waals surface area contributed by atoms with Crippen LogP contribution in [0.5, 0.6) is 0 Å². The lowest BCUT2D eigenvalue weighted by atomic mass is 10.2. The molecule has 0 aliphatic rings. The zero-order chi connectivity index (χ0) is 22.1. The standard InChI is InChI=1S/C19H23FN6O3S/c1-13(14(2)27)9-26(24-21)10-15(20)3-5-25-6-4-16(8-19(25)29)23-18(28)7-17-11-30-12-22-17/h4,6,8-9,11-12,15,21H,3,5,7,10H2,1-2H3,(H,23,28)/b13-9+,24-21?. The maximum Gasteiger partial charge on any atom is 0.252 e. The van der Waals surface area contributed by atoms with E-state index in [0.29, 0.717) is 17.0 Å². The first-order valence-electron chi connectivity index (χ1n) is 9.13. The van der Waals surface area contributed by atoms with Crippen LogP contribution in [0.2, 0.25) is 0 Å². The van der Waals surface area contributed by atoms with E-state index in [0.717, 1.165) is 5.01 Å². The number of nitrogens with zero attached hydrogens (tertiary/aromatic N) is 4. The van der Waals surface area contributed by atoms with Gasteiger partial charge in [-0.15, -0.1) is 11.3 Å². The van der Waals surface area contributed by atoms with Crippen LogP contribution in [-0.2, 0) is 22.6 Å².